The lowest BCUT2D eigenvalue weighted by Gasteiger charge is -2.08. The van der Waals surface area contributed by atoms with Crippen molar-refractivity contribution in [3.63, 3.8) is 0 Å². The summed E-state index contributed by atoms with van der Waals surface area (Å²) in [7, 11) is 0. The van der Waals surface area contributed by atoms with E-state index in [0.717, 1.165) is 22.2 Å². The Morgan fingerprint density at radius 3 is 2.64 bits per heavy atom. The number of aryl methyl sites for hydroxylation is 1. The summed E-state index contributed by atoms with van der Waals surface area (Å²) in [6.45, 7) is 3.93. The Labute approximate surface area is 170 Å². The number of benzene rings is 3. The third-order valence-corrected chi connectivity index (χ3v) is 5.72. The normalized spacial score (nSPS) is 11.5. The molecule has 0 fully saturated rings. The van der Waals surface area contributed by atoms with E-state index in [2.05, 4.69) is 30.9 Å². The summed E-state index contributed by atoms with van der Waals surface area (Å²) < 4.78 is 0.669. The van der Waals surface area contributed by atoms with Crippen molar-refractivity contribution in [3.05, 3.63) is 69.7 Å². The van der Waals surface area contributed by atoms with Gasteiger partial charge in [-0.25, -0.2) is 4.98 Å². The lowest BCUT2D eigenvalue weighted by molar-refractivity contribution is 0.470. The fourth-order valence-electron chi connectivity index (χ4n) is 3.00. The van der Waals surface area contributed by atoms with Crippen molar-refractivity contribution in [2.45, 2.75) is 13.8 Å². The van der Waals surface area contributed by atoms with Gasteiger partial charge in [-0.15, -0.1) is 0 Å². The van der Waals surface area contributed by atoms with E-state index in [0.29, 0.717) is 27.1 Å². The van der Waals surface area contributed by atoms with Gasteiger partial charge in [0.25, 0.3) is 0 Å². The van der Waals surface area contributed by atoms with Crippen LogP contribution in [0.15, 0.2) is 58.0 Å². The number of fused-ring (bicyclic) bond motifs is 1. The van der Waals surface area contributed by atoms with Gasteiger partial charge in [-0.05, 0) is 77.3 Å². The molecular weight excluding hydrogens is 418 g/mol. The van der Waals surface area contributed by atoms with Crippen LogP contribution in [-0.2, 0) is 0 Å². The highest BCUT2D eigenvalue weighted by Crippen LogP contribution is 2.34. The van der Waals surface area contributed by atoms with Crippen molar-refractivity contribution >= 4 is 38.9 Å². The molecule has 1 heterocycles. The number of aromatic nitrogens is 2. The number of phenolic OH excluding ortho intramolecular Hbond substituents is 2. The number of para-hydroxylation sites is 2. The predicted molar refractivity (Wildman–Crippen MR) is 116 cm³/mol. The first-order valence-corrected chi connectivity index (χ1v) is 9.54. The van der Waals surface area contributed by atoms with Crippen molar-refractivity contribution in [2.75, 3.05) is 0 Å². The number of aromatic amines is 1. The monoisotopic (exact) mass is 435 g/mol. The third-order valence-electron chi connectivity index (χ3n) is 4.75. The summed E-state index contributed by atoms with van der Waals surface area (Å²) in [5.41, 5.74) is 5.60. The standard InChI is InChI=1S/C22H18BrN3O2/c1-12-9-14(21(28)20(23)13(12)2)11-24-15-7-8-19(27)16(10-15)22-25-17-5-3-4-6-18(17)26-22/h3-11,27-28H,1-2H3,(H,25,26). The molecule has 4 aromatic rings. The highest BCUT2D eigenvalue weighted by Gasteiger charge is 2.12. The zero-order valence-electron chi connectivity index (χ0n) is 15.4. The SMILES string of the molecule is Cc1cc(C=Nc2ccc(O)c(-c3nc4ccccc4[nH]3)c2)c(O)c(Br)c1C. The summed E-state index contributed by atoms with van der Waals surface area (Å²) in [5.74, 6) is 0.852. The second-order valence-electron chi connectivity index (χ2n) is 6.63. The summed E-state index contributed by atoms with van der Waals surface area (Å²) in [6, 6.07) is 14.6. The van der Waals surface area contributed by atoms with Crippen molar-refractivity contribution < 1.29 is 10.2 Å². The first-order valence-electron chi connectivity index (χ1n) is 8.75. The molecule has 0 aliphatic carbocycles. The van der Waals surface area contributed by atoms with Gasteiger partial charge in [0.05, 0.1) is 26.8 Å². The van der Waals surface area contributed by atoms with Gasteiger partial charge in [0.15, 0.2) is 0 Å². The van der Waals surface area contributed by atoms with Crippen LogP contribution in [0.4, 0.5) is 5.69 Å². The number of nitrogens with one attached hydrogen (secondary N) is 1. The van der Waals surface area contributed by atoms with E-state index in [1.165, 1.54) is 0 Å². The average Bonchev–Trinajstić information content (AvgIpc) is 3.13. The quantitative estimate of drug-likeness (QED) is 0.357. The topological polar surface area (TPSA) is 81.5 Å². The van der Waals surface area contributed by atoms with E-state index in [1.807, 2.05) is 44.2 Å². The average molecular weight is 436 g/mol. The van der Waals surface area contributed by atoms with Crippen LogP contribution in [0, 0.1) is 13.8 Å². The van der Waals surface area contributed by atoms with Crippen LogP contribution >= 0.6 is 15.9 Å². The van der Waals surface area contributed by atoms with E-state index in [9.17, 15) is 10.2 Å². The van der Waals surface area contributed by atoms with Crippen LogP contribution in [0.1, 0.15) is 16.7 Å². The van der Waals surface area contributed by atoms with Crippen LogP contribution in [0.2, 0.25) is 0 Å². The van der Waals surface area contributed by atoms with E-state index in [1.54, 1.807) is 24.4 Å². The number of rotatable bonds is 3. The predicted octanol–water partition coefficient (Wildman–Crippen LogP) is 5.77. The number of H-pyrrole nitrogens is 1. The van der Waals surface area contributed by atoms with Crippen molar-refractivity contribution in [2.24, 2.45) is 4.99 Å². The Balaban J connectivity index is 1.72. The molecule has 0 unspecified atom stereocenters. The summed E-state index contributed by atoms with van der Waals surface area (Å²) in [4.78, 5) is 12.2. The first kappa shape index (κ1) is 18.3. The Bertz CT molecular complexity index is 1200. The van der Waals surface area contributed by atoms with Gasteiger partial charge in [-0.1, -0.05) is 12.1 Å². The Kier molecular flexibility index (Phi) is 4.65. The van der Waals surface area contributed by atoms with Gasteiger partial charge in [0.1, 0.15) is 17.3 Å². The van der Waals surface area contributed by atoms with Gasteiger partial charge in [0, 0.05) is 11.8 Å². The zero-order valence-corrected chi connectivity index (χ0v) is 16.9. The largest absolute Gasteiger partial charge is 0.507 e. The Morgan fingerprint density at radius 2 is 1.86 bits per heavy atom. The van der Waals surface area contributed by atoms with Crippen LogP contribution in [-0.4, -0.2) is 26.4 Å². The van der Waals surface area contributed by atoms with E-state index in [-0.39, 0.29) is 11.5 Å². The number of hydrogen-bond donors (Lipinski definition) is 3. The number of aliphatic imine (C=N–C) groups is 1. The lowest BCUT2D eigenvalue weighted by Crippen LogP contribution is -1.90. The van der Waals surface area contributed by atoms with Gasteiger partial charge in [0.2, 0.25) is 0 Å². The molecule has 140 valence electrons. The maximum Gasteiger partial charge on any atom is 0.142 e. The van der Waals surface area contributed by atoms with E-state index < -0.39 is 0 Å². The maximum absolute atomic E-state index is 10.3. The minimum atomic E-state index is 0.120. The van der Waals surface area contributed by atoms with E-state index in [4.69, 9.17) is 0 Å². The minimum absolute atomic E-state index is 0.120. The number of nitrogens with zero attached hydrogens (tertiary/aromatic N) is 2. The highest BCUT2D eigenvalue weighted by molar-refractivity contribution is 9.10. The van der Waals surface area contributed by atoms with Crippen molar-refractivity contribution in [1.29, 1.82) is 0 Å². The molecule has 0 aliphatic rings. The molecule has 0 spiro atoms. The molecule has 28 heavy (non-hydrogen) atoms. The minimum Gasteiger partial charge on any atom is -0.507 e. The number of halogens is 1. The second kappa shape index (κ2) is 7.13. The maximum atomic E-state index is 10.3. The molecule has 4 rings (SSSR count). The molecule has 3 N–H and O–H groups in total. The summed E-state index contributed by atoms with van der Waals surface area (Å²) in [6.07, 6.45) is 1.61. The third kappa shape index (κ3) is 3.27. The Hall–Kier alpha value is -3.12. The van der Waals surface area contributed by atoms with Crippen LogP contribution < -0.4 is 0 Å². The molecular formula is C22H18BrN3O2. The van der Waals surface area contributed by atoms with Crippen molar-refractivity contribution in [1.82, 2.24) is 9.97 Å². The number of hydrogen-bond acceptors (Lipinski definition) is 4. The molecule has 5 nitrogen and oxygen atoms in total. The van der Waals surface area contributed by atoms with Gasteiger partial charge < -0.3 is 15.2 Å². The number of aromatic hydroxyl groups is 2. The molecule has 0 saturated carbocycles. The molecule has 6 heteroatoms. The van der Waals surface area contributed by atoms with Gasteiger partial charge in [-0.2, -0.15) is 0 Å². The molecule has 0 atom stereocenters. The number of imidazole rings is 1. The van der Waals surface area contributed by atoms with Crippen LogP contribution in [0.5, 0.6) is 11.5 Å². The van der Waals surface area contributed by atoms with Crippen molar-refractivity contribution in [3.8, 4) is 22.9 Å². The fraction of sp³-hybridized carbons (Fsp3) is 0.0909. The fourth-order valence-corrected chi connectivity index (χ4v) is 3.55. The first-order chi connectivity index (χ1) is 13.4. The highest BCUT2D eigenvalue weighted by atomic mass is 79.9. The molecule has 0 aliphatic heterocycles. The lowest BCUT2D eigenvalue weighted by atomic mass is 10.1. The van der Waals surface area contributed by atoms with Crippen LogP contribution in [0.3, 0.4) is 0 Å². The summed E-state index contributed by atoms with van der Waals surface area (Å²) in [5, 5.41) is 20.6. The molecule has 0 radical (unpaired) electrons. The molecule has 0 saturated heterocycles. The molecule has 0 amide bonds. The molecule has 3 aromatic carbocycles. The number of phenols is 2. The summed E-state index contributed by atoms with van der Waals surface area (Å²) >= 11 is 3.42. The van der Waals surface area contributed by atoms with E-state index >= 15 is 0 Å². The van der Waals surface area contributed by atoms with Gasteiger partial charge >= 0.3 is 0 Å². The zero-order chi connectivity index (χ0) is 19.8. The smallest absolute Gasteiger partial charge is 0.142 e. The Morgan fingerprint density at radius 1 is 1.07 bits per heavy atom. The molecule has 1 aromatic heterocycles. The second-order valence-corrected chi connectivity index (χ2v) is 7.43. The van der Waals surface area contributed by atoms with Crippen LogP contribution in [0.25, 0.3) is 22.4 Å². The van der Waals surface area contributed by atoms with Gasteiger partial charge in [-0.3, -0.25) is 4.99 Å². The molecule has 0 bridgehead atoms.